The molecule has 12 heteroatoms. The minimum atomic E-state index is -4.78. The Morgan fingerprint density at radius 1 is 1.20 bits per heavy atom. The van der Waals surface area contributed by atoms with Crippen LogP contribution >= 0.6 is 0 Å². The molecule has 0 spiro atoms. The van der Waals surface area contributed by atoms with E-state index in [1.165, 1.54) is 18.4 Å². The smallest absolute Gasteiger partial charge is 0.444 e. The molecule has 1 aliphatic rings. The molecular weight excluding hydrogens is 470 g/mol. The van der Waals surface area contributed by atoms with E-state index in [2.05, 4.69) is 24.5 Å². The van der Waals surface area contributed by atoms with Crippen LogP contribution in [0.5, 0.6) is 0 Å². The second-order valence-electron chi connectivity index (χ2n) is 8.99. The van der Waals surface area contributed by atoms with Crippen molar-refractivity contribution < 1.29 is 31.3 Å². The van der Waals surface area contributed by atoms with Gasteiger partial charge in [-0.15, -0.1) is 0 Å². The Labute approximate surface area is 198 Å². The molecule has 8 nitrogen and oxygen atoms in total. The topological polar surface area (TPSA) is 111 Å². The number of piperidine rings is 1. The third-order valence-corrected chi connectivity index (χ3v) is 6.51. The quantitative estimate of drug-likeness (QED) is 0.464. The molecular formula is C23H25F4N5O3. The maximum Gasteiger partial charge on any atom is 0.471 e. The van der Waals surface area contributed by atoms with Crippen molar-refractivity contribution in [2.24, 2.45) is 5.73 Å². The third-order valence-electron chi connectivity index (χ3n) is 6.51. The fourth-order valence-electron chi connectivity index (χ4n) is 4.48. The molecule has 0 aliphatic carbocycles. The number of hydrogen-bond donors (Lipinski definition) is 1. The Morgan fingerprint density at radius 2 is 1.89 bits per heavy atom. The number of alkyl halides is 3. The van der Waals surface area contributed by atoms with Gasteiger partial charge in [-0.25, -0.2) is 9.37 Å². The van der Waals surface area contributed by atoms with Gasteiger partial charge in [0.05, 0.1) is 5.69 Å². The van der Waals surface area contributed by atoms with Crippen LogP contribution in [-0.4, -0.2) is 46.1 Å². The van der Waals surface area contributed by atoms with Gasteiger partial charge in [-0.2, -0.15) is 18.2 Å². The van der Waals surface area contributed by atoms with E-state index in [1.54, 1.807) is 12.1 Å². The van der Waals surface area contributed by atoms with E-state index < -0.39 is 29.3 Å². The summed E-state index contributed by atoms with van der Waals surface area (Å²) in [6, 6.07) is 5.72. The van der Waals surface area contributed by atoms with Crippen molar-refractivity contribution in [2.45, 2.75) is 49.6 Å². The Kier molecular flexibility index (Phi) is 6.93. The molecule has 4 rings (SSSR count). The molecule has 188 valence electrons. The SMILES string of the molecule is CN1CCC(CC(CCC(N)=O)c2noc(C(F)(F)F)n2)(c2coc(-c3ccc(F)cc3)n2)CC1. The molecule has 0 saturated carbocycles. The number of oxazole rings is 1. The molecule has 1 fully saturated rings. The zero-order valence-corrected chi connectivity index (χ0v) is 19.0. The molecule has 1 unspecified atom stereocenters. The number of nitrogens with two attached hydrogens (primary N) is 1. The summed E-state index contributed by atoms with van der Waals surface area (Å²) in [4.78, 5) is 21.9. The van der Waals surface area contributed by atoms with Crippen LogP contribution in [-0.2, 0) is 16.4 Å². The summed E-state index contributed by atoms with van der Waals surface area (Å²) in [6.45, 7) is 1.45. The Hall–Kier alpha value is -3.28. The maximum absolute atomic E-state index is 13.3. The first-order valence-electron chi connectivity index (χ1n) is 11.2. The first-order valence-corrected chi connectivity index (χ1v) is 11.2. The number of carbonyl (C=O) groups is 1. The standard InChI is InChI=1S/C23H25F4N5O3/c1-32-10-8-22(9-11-32,17-13-34-20(29-17)14-2-5-16(24)6-3-14)12-15(4-7-18(28)33)19-30-21(35-31-19)23(25,26)27/h2-3,5-6,13,15H,4,7-12H2,1H3,(H2,28,33). The molecule has 3 heterocycles. The Morgan fingerprint density at radius 3 is 2.49 bits per heavy atom. The molecule has 1 amide bonds. The number of rotatable bonds is 8. The summed E-state index contributed by atoms with van der Waals surface area (Å²) in [5.41, 5.74) is 5.98. The van der Waals surface area contributed by atoms with Gasteiger partial charge in [-0.1, -0.05) is 5.16 Å². The zero-order chi connectivity index (χ0) is 25.2. The highest BCUT2D eigenvalue weighted by atomic mass is 19.4. The maximum atomic E-state index is 13.3. The highest BCUT2D eigenvalue weighted by molar-refractivity contribution is 5.73. The summed E-state index contributed by atoms with van der Waals surface area (Å²) in [5.74, 6) is -2.84. The number of amides is 1. The molecule has 2 N–H and O–H groups in total. The van der Waals surface area contributed by atoms with Crippen LogP contribution in [0.4, 0.5) is 17.6 Å². The van der Waals surface area contributed by atoms with Crippen LogP contribution in [0.15, 0.2) is 39.5 Å². The monoisotopic (exact) mass is 495 g/mol. The minimum absolute atomic E-state index is 0.0455. The lowest BCUT2D eigenvalue weighted by Crippen LogP contribution is -2.42. The zero-order valence-electron chi connectivity index (χ0n) is 19.0. The number of primary amides is 1. The molecule has 1 saturated heterocycles. The van der Waals surface area contributed by atoms with Crippen molar-refractivity contribution in [3.05, 3.63) is 53.8 Å². The van der Waals surface area contributed by atoms with E-state index in [9.17, 15) is 22.4 Å². The summed E-state index contributed by atoms with van der Waals surface area (Å²) in [6.07, 6.45) is -1.51. The number of carbonyl (C=O) groups excluding carboxylic acids is 1. The highest BCUT2D eigenvalue weighted by Crippen LogP contribution is 2.44. The number of aromatic nitrogens is 3. The molecule has 1 aliphatic heterocycles. The minimum Gasteiger partial charge on any atom is -0.444 e. The lowest BCUT2D eigenvalue weighted by molar-refractivity contribution is -0.159. The Balaban J connectivity index is 1.68. The van der Waals surface area contributed by atoms with Crippen LogP contribution in [0.3, 0.4) is 0 Å². The first kappa shape index (κ1) is 24.8. The van der Waals surface area contributed by atoms with Gasteiger partial charge in [0, 0.05) is 23.3 Å². The van der Waals surface area contributed by atoms with Crippen molar-refractivity contribution in [1.29, 1.82) is 0 Å². The molecule has 0 bridgehead atoms. The van der Waals surface area contributed by atoms with Gasteiger partial charge < -0.3 is 19.6 Å². The summed E-state index contributed by atoms with van der Waals surface area (Å²) in [7, 11) is 1.98. The average Bonchev–Trinajstić information content (AvgIpc) is 3.49. The van der Waals surface area contributed by atoms with Crippen molar-refractivity contribution in [3.8, 4) is 11.5 Å². The van der Waals surface area contributed by atoms with E-state index in [1.807, 2.05) is 7.05 Å². The molecule has 3 aromatic rings. The van der Waals surface area contributed by atoms with E-state index in [-0.39, 0.29) is 24.5 Å². The molecule has 2 aromatic heterocycles. The number of nitrogens with zero attached hydrogens (tertiary/aromatic N) is 4. The van der Waals surface area contributed by atoms with Gasteiger partial charge in [0.2, 0.25) is 11.8 Å². The van der Waals surface area contributed by atoms with Gasteiger partial charge in [-0.3, -0.25) is 4.79 Å². The summed E-state index contributed by atoms with van der Waals surface area (Å²) in [5, 5.41) is 3.58. The number of halogens is 4. The number of benzene rings is 1. The van der Waals surface area contributed by atoms with Crippen LogP contribution in [0.2, 0.25) is 0 Å². The number of likely N-dealkylation sites (tertiary alicyclic amines) is 1. The normalized spacial score (nSPS) is 17.4. The van der Waals surface area contributed by atoms with Crippen molar-refractivity contribution in [2.75, 3.05) is 20.1 Å². The molecule has 0 radical (unpaired) electrons. The van der Waals surface area contributed by atoms with E-state index in [4.69, 9.17) is 10.2 Å². The lowest BCUT2D eigenvalue weighted by atomic mass is 9.69. The number of hydrogen-bond acceptors (Lipinski definition) is 7. The molecule has 1 aromatic carbocycles. The first-order chi connectivity index (χ1) is 16.6. The van der Waals surface area contributed by atoms with Gasteiger partial charge in [0.25, 0.3) is 0 Å². The van der Waals surface area contributed by atoms with Crippen molar-refractivity contribution in [1.82, 2.24) is 20.0 Å². The molecule has 35 heavy (non-hydrogen) atoms. The van der Waals surface area contributed by atoms with Gasteiger partial charge in [0.15, 0.2) is 5.82 Å². The van der Waals surface area contributed by atoms with E-state index >= 15 is 0 Å². The largest absolute Gasteiger partial charge is 0.471 e. The van der Waals surface area contributed by atoms with Crippen LogP contribution in [0.25, 0.3) is 11.5 Å². The van der Waals surface area contributed by atoms with Crippen LogP contribution < -0.4 is 5.73 Å². The fraction of sp³-hybridized carbons (Fsp3) is 0.478. The van der Waals surface area contributed by atoms with Gasteiger partial charge in [-0.05, 0) is 70.1 Å². The highest BCUT2D eigenvalue weighted by Gasteiger charge is 2.43. The second kappa shape index (κ2) is 9.76. The van der Waals surface area contributed by atoms with Crippen molar-refractivity contribution >= 4 is 5.91 Å². The predicted octanol–water partition coefficient (Wildman–Crippen LogP) is 4.29. The van der Waals surface area contributed by atoms with Gasteiger partial charge in [0.1, 0.15) is 12.1 Å². The molecule has 1 atom stereocenters. The van der Waals surface area contributed by atoms with Crippen LogP contribution in [0.1, 0.15) is 55.4 Å². The van der Waals surface area contributed by atoms with Crippen LogP contribution in [0, 0.1) is 5.82 Å². The summed E-state index contributed by atoms with van der Waals surface area (Å²) < 4.78 is 62.8. The van der Waals surface area contributed by atoms with Gasteiger partial charge >= 0.3 is 12.1 Å². The summed E-state index contributed by atoms with van der Waals surface area (Å²) >= 11 is 0. The lowest BCUT2D eigenvalue weighted by Gasteiger charge is -2.41. The predicted molar refractivity (Wildman–Crippen MR) is 115 cm³/mol. The Bertz CT molecular complexity index is 1150. The van der Waals surface area contributed by atoms with E-state index in [0.717, 1.165) is 13.1 Å². The fourth-order valence-corrected chi connectivity index (χ4v) is 4.48. The van der Waals surface area contributed by atoms with Crippen molar-refractivity contribution in [3.63, 3.8) is 0 Å². The van der Waals surface area contributed by atoms with E-state index in [0.29, 0.717) is 36.4 Å². The third kappa shape index (κ3) is 5.69. The average molecular weight is 495 g/mol. The second-order valence-corrected chi connectivity index (χ2v) is 8.99.